The molecule has 2 N–H and O–H groups in total. The fourth-order valence-corrected chi connectivity index (χ4v) is 2.74. The Morgan fingerprint density at radius 2 is 2.00 bits per heavy atom. The fraction of sp³-hybridized carbons (Fsp3) is 0.562. The molecule has 1 aromatic rings. The summed E-state index contributed by atoms with van der Waals surface area (Å²) in [6, 6.07) is 6.10. The van der Waals surface area contributed by atoms with Gasteiger partial charge in [-0.15, -0.1) is 0 Å². The molecule has 4 nitrogen and oxygen atoms in total. The number of ether oxygens (including phenoxy) is 1. The zero-order valence-electron chi connectivity index (χ0n) is 12.8. The van der Waals surface area contributed by atoms with Crippen LogP contribution in [0.4, 0.5) is 9.18 Å². The maximum Gasteiger partial charge on any atom is 0.410 e. The van der Waals surface area contributed by atoms with Crippen LogP contribution in [0.25, 0.3) is 0 Å². The maximum atomic E-state index is 13.1. The standard InChI is InChI=1S/C16H23FN2O2/c1-16(2,3)21-15(20)19-9-8-12(10-18)14(19)11-4-6-13(17)7-5-11/h4-7,12,14H,8-10,18H2,1-3H3. The van der Waals surface area contributed by atoms with Crippen LogP contribution in [0.3, 0.4) is 0 Å². The van der Waals surface area contributed by atoms with Crippen molar-refractivity contribution in [1.82, 2.24) is 4.90 Å². The van der Waals surface area contributed by atoms with Gasteiger partial charge in [0.05, 0.1) is 6.04 Å². The van der Waals surface area contributed by atoms with Gasteiger partial charge in [-0.1, -0.05) is 12.1 Å². The lowest BCUT2D eigenvalue weighted by Gasteiger charge is -2.30. The summed E-state index contributed by atoms with van der Waals surface area (Å²) in [5, 5.41) is 0. The monoisotopic (exact) mass is 294 g/mol. The molecule has 1 fully saturated rings. The first-order valence-electron chi connectivity index (χ1n) is 7.27. The van der Waals surface area contributed by atoms with Crippen LogP contribution in [0.15, 0.2) is 24.3 Å². The molecule has 1 aliphatic heterocycles. The van der Waals surface area contributed by atoms with E-state index in [1.165, 1.54) is 12.1 Å². The van der Waals surface area contributed by atoms with Crippen LogP contribution in [0.5, 0.6) is 0 Å². The minimum absolute atomic E-state index is 0.148. The molecular weight excluding hydrogens is 271 g/mol. The predicted octanol–water partition coefficient (Wildman–Crippen LogP) is 3.08. The van der Waals surface area contributed by atoms with Crippen molar-refractivity contribution in [2.75, 3.05) is 13.1 Å². The van der Waals surface area contributed by atoms with Crippen molar-refractivity contribution in [3.8, 4) is 0 Å². The van der Waals surface area contributed by atoms with Gasteiger partial charge >= 0.3 is 6.09 Å². The molecule has 21 heavy (non-hydrogen) atoms. The predicted molar refractivity (Wildman–Crippen MR) is 79.2 cm³/mol. The number of halogens is 1. The Balaban J connectivity index is 2.24. The van der Waals surface area contributed by atoms with Crippen LogP contribution in [-0.2, 0) is 4.74 Å². The van der Waals surface area contributed by atoms with E-state index in [4.69, 9.17) is 10.5 Å². The Morgan fingerprint density at radius 1 is 1.38 bits per heavy atom. The molecule has 116 valence electrons. The summed E-state index contributed by atoms with van der Waals surface area (Å²) in [5.41, 5.74) is 6.19. The van der Waals surface area contributed by atoms with E-state index in [2.05, 4.69) is 0 Å². The van der Waals surface area contributed by atoms with E-state index in [1.54, 1.807) is 17.0 Å². The highest BCUT2D eigenvalue weighted by Crippen LogP contribution is 2.37. The number of hydrogen-bond acceptors (Lipinski definition) is 3. The van der Waals surface area contributed by atoms with Crippen molar-refractivity contribution in [2.45, 2.75) is 38.8 Å². The molecule has 0 aromatic heterocycles. The minimum Gasteiger partial charge on any atom is -0.444 e. The second-order valence-corrected chi connectivity index (χ2v) is 6.45. The van der Waals surface area contributed by atoms with E-state index < -0.39 is 5.60 Å². The van der Waals surface area contributed by atoms with E-state index in [0.29, 0.717) is 13.1 Å². The molecule has 0 aliphatic carbocycles. The largest absolute Gasteiger partial charge is 0.444 e. The van der Waals surface area contributed by atoms with Gasteiger partial charge in [0.15, 0.2) is 0 Å². The average Bonchev–Trinajstić information content (AvgIpc) is 2.81. The van der Waals surface area contributed by atoms with Crippen LogP contribution < -0.4 is 5.73 Å². The third-order valence-electron chi connectivity index (χ3n) is 3.67. The SMILES string of the molecule is CC(C)(C)OC(=O)N1CCC(CN)C1c1ccc(F)cc1. The Kier molecular flexibility index (Phi) is 4.52. The molecule has 1 aliphatic rings. The number of benzene rings is 1. The van der Waals surface area contributed by atoms with Crippen molar-refractivity contribution in [3.63, 3.8) is 0 Å². The molecule has 2 unspecified atom stereocenters. The molecule has 0 spiro atoms. The number of hydrogen-bond donors (Lipinski definition) is 1. The van der Waals surface area contributed by atoms with Gasteiger partial charge in [-0.2, -0.15) is 0 Å². The summed E-state index contributed by atoms with van der Waals surface area (Å²) in [5.74, 6) is -0.118. The summed E-state index contributed by atoms with van der Waals surface area (Å²) in [7, 11) is 0. The number of nitrogens with two attached hydrogens (primary N) is 1. The summed E-state index contributed by atoms with van der Waals surface area (Å²) in [4.78, 5) is 14.1. The normalized spacial score (nSPS) is 22.4. The van der Waals surface area contributed by atoms with Gasteiger partial charge < -0.3 is 15.4 Å². The van der Waals surface area contributed by atoms with Crippen LogP contribution in [0.1, 0.15) is 38.8 Å². The van der Waals surface area contributed by atoms with Crippen molar-refractivity contribution >= 4 is 6.09 Å². The first-order valence-corrected chi connectivity index (χ1v) is 7.27. The quantitative estimate of drug-likeness (QED) is 0.912. The zero-order chi connectivity index (χ0) is 15.6. The van der Waals surface area contributed by atoms with Gasteiger partial charge in [-0.3, -0.25) is 0 Å². The Morgan fingerprint density at radius 3 is 2.52 bits per heavy atom. The van der Waals surface area contributed by atoms with Gasteiger partial charge in [-0.25, -0.2) is 9.18 Å². The van der Waals surface area contributed by atoms with Crippen LogP contribution >= 0.6 is 0 Å². The Hall–Kier alpha value is -1.62. The Labute approximate surface area is 125 Å². The minimum atomic E-state index is -0.536. The van der Waals surface area contributed by atoms with Crippen molar-refractivity contribution in [3.05, 3.63) is 35.6 Å². The molecule has 2 rings (SSSR count). The maximum absolute atomic E-state index is 13.1. The van der Waals surface area contributed by atoms with Gasteiger partial charge in [0.2, 0.25) is 0 Å². The Bertz CT molecular complexity index is 496. The first kappa shape index (κ1) is 15.8. The van der Waals surface area contributed by atoms with Crippen LogP contribution in [0.2, 0.25) is 0 Å². The molecule has 1 heterocycles. The molecule has 1 aromatic carbocycles. The lowest BCUT2D eigenvalue weighted by molar-refractivity contribution is 0.0207. The second kappa shape index (κ2) is 6.02. The molecule has 1 amide bonds. The van der Waals surface area contributed by atoms with E-state index in [9.17, 15) is 9.18 Å². The third kappa shape index (κ3) is 3.73. The average molecular weight is 294 g/mol. The number of carbonyl (C=O) groups excluding carboxylic acids is 1. The van der Waals surface area contributed by atoms with Crippen LogP contribution in [0, 0.1) is 11.7 Å². The van der Waals surface area contributed by atoms with Crippen molar-refractivity contribution < 1.29 is 13.9 Å². The van der Waals surface area contributed by atoms with Crippen LogP contribution in [-0.4, -0.2) is 29.7 Å². The lowest BCUT2D eigenvalue weighted by Crippen LogP contribution is -2.38. The lowest BCUT2D eigenvalue weighted by atomic mass is 9.94. The first-order chi connectivity index (χ1) is 9.81. The van der Waals surface area contributed by atoms with Gasteiger partial charge in [0.25, 0.3) is 0 Å². The number of rotatable bonds is 2. The zero-order valence-corrected chi connectivity index (χ0v) is 12.8. The summed E-state index contributed by atoms with van der Waals surface area (Å²) in [6.07, 6.45) is 0.491. The summed E-state index contributed by atoms with van der Waals surface area (Å²) in [6.45, 7) is 6.62. The topological polar surface area (TPSA) is 55.6 Å². The highest BCUT2D eigenvalue weighted by atomic mass is 19.1. The van der Waals surface area contributed by atoms with Gasteiger partial charge in [0, 0.05) is 6.54 Å². The molecule has 5 heteroatoms. The number of amides is 1. The summed E-state index contributed by atoms with van der Waals surface area (Å²) >= 11 is 0. The molecule has 2 atom stereocenters. The van der Waals surface area contributed by atoms with Crippen molar-refractivity contribution in [1.29, 1.82) is 0 Å². The van der Waals surface area contributed by atoms with Gasteiger partial charge in [0.1, 0.15) is 11.4 Å². The number of likely N-dealkylation sites (tertiary alicyclic amines) is 1. The smallest absolute Gasteiger partial charge is 0.410 e. The van der Waals surface area contributed by atoms with E-state index in [0.717, 1.165) is 12.0 Å². The van der Waals surface area contributed by atoms with E-state index in [-0.39, 0.29) is 23.9 Å². The highest BCUT2D eigenvalue weighted by molar-refractivity contribution is 5.69. The van der Waals surface area contributed by atoms with Gasteiger partial charge in [-0.05, 0) is 57.4 Å². The van der Waals surface area contributed by atoms with Crippen molar-refractivity contribution in [2.24, 2.45) is 11.7 Å². The third-order valence-corrected chi connectivity index (χ3v) is 3.67. The number of nitrogens with zero attached hydrogens (tertiary/aromatic N) is 1. The fourth-order valence-electron chi connectivity index (χ4n) is 2.74. The molecule has 0 bridgehead atoms. The highest BCUT2D eigenvalue weighted by Gasteiger charge is 2.39. The number of carbonyl (C=O) groups is 1. The molecule has 1 saturated heterocycles. The second-order valence-electron chi connectivity index (χ2n) is 6.45. The summed E-state index contributed by atoms with van der Waals surface area (Å²) < 4.78 is 18.6. The molecule has 0 saturated carbocycles. The molecular formula is C16H23FN2O2. The molecule has 0 radical (unpaired) electrons. The van der Waals surface area contributed by atoms with E-state index in [1.807, 2.05) is 20.8 Å². The van der Waals surface area contributed by atoms with E-state index >= 15 is 0 Å².